The van der Waals surface area contributed by atoms with Crippen LogP contribution in [0.15, 0.2) is 83.8 Å². The van der Waals surface area contributed by atoms with Crippen LogP contribution in [-0.4, -0.2) is 19.9 Å². The third-order valence-electron chi connectivity index (χ3n) is 6.78. The maximum atomic E-state index is 13.6. The van der Waals surface area contributed by atoms with Crippen LogP contribution < -0.4 is 9.62 Å². The van der Waals surface area contributed by atoms with Crippen molar-refractivity contribution < 1.29 is 13.3 Å². The van der Waals surface area contributed by atoms with Gasteiger partial charge in [-0.1, -0.05) is 48.0 Å². The molecule has 35 heavy (non-hydrogen) atoms. The van der Waals surface area contributed by atoms with Crippen molar-refractivity contribution in [3.05, 3.63) is 105 Å². The molecule has 0 fully saturated rings. The molecular formula is C26H24ClN3O4S. The number of para-hydroxylation sites is 1. The molecule has 3 unspecified atom stereocenters. The second-order valence-corrected chi connectivity index (χ2v) is 11.0. The summed E-state index contributed by atoms with van der Waals surface area (Å²) in [6, 6.07) is 19.0. The molecule has 3 atom stereocenters. The lowest BCUT2D eigenvalue weighted by atomic mass is 9.77. The van der Waals surface area contributed by atoms with Crippen LogP contribution in [-0.2, 0) is 10.0 Å². The number of sulfonamides is 1. The second kappa shape index (κ2) is 9.02. The van der Waals surface area contributed by atoms with Crippen LogP contribution in [0.4, 0.5) is 17.1 Å². The highest BCUT2D eigenvalue weighted by Gasteiger charge is 2.39. The summed E-state index contributed by atoms with van der Waals surface area (Å²) in [6.07, 6.45) is 4.97. The van der Waals surface area contributed by atoms with E-state index >= 15 is 0 Å². The SMILES string of the molecule is CCN(c1ccccc1)S(=O)(=O)c1ccc2c(c1)C1C=CCC1C(c1ccc(Cl)c([N+](=O)[O-])c1)N2. The minimum atomic E-state index is -3.76. The number of nitro benzene ring substituents is 1. The highest BCUT2D eigenvalue weighted by atomic mass is 35.5. The number of halogens is 1. The topological polar surface area (TPSA) is 92.5 Å². The molecule has 0 saturated heterocycles. The lowest BCUT2D eigenvalue weighted by Gasteiger charge is -2.38. The zero-order chi connectivity index (χ0) is 24.7. The van der Waals surface area contributed by atoms with Gasteiger partial charge in [0.15, 0.2) is 0 Å². The maximum Gasteiger partial charge on any atom is 0.288 e. The number of hydrogen-bond donors (Lipinski definition) is 1. The highest BCUT2D eigenvalue weighted by molar-refractivity contribution is 7.92. The smallest absolute Gasteiger partial charge is 0.288 e. The van der Waals surface area contributed by atoms with Crippen LogP contribution >= 0.6 is 11.6 Å². The van der Waals surface area contributed by atoms with Gasteiger partial charge >= 0.3 is 0 Å². The Kier molecular flexibility index (Phi) is 6.02. The van der Waals surface area contributed by atoms with Gasteiger partial charge in [0.2, 0.25) is 0 Å². The monoisotopic (exact) mass is 509 g/mol. The molecule has 2 aliphatic rings. The summed E-state index contributed by atoms with van der Waals surface area (Å²) in [5.41, 5.74) is 3.01. The number of benzene rings is 3. The van der Waals surface area contributed by atoms with Crippen LogP contribution in [0, 0.1) is 16.0 Å². The van der Waals surface area contributed by atoms with Gasteiger partial charge in [-0.25, -0.2) is 8.42 Å². The van der Waals surface area contributed by atoms with Gasteiger partial charge in [-0.3, -0.25) is 14.4 Å². The number of hydrogen-bond acceptors (Lipinski definition) is 5. The van der Waals surface area contributed by atoms with Crippen LogP contribution in [0.1, 0.15) is 36.4 Å². The Morgan fingerprint density at radius 1 is 1.11 bits per heavy atom. The van der Waals surface area contributed by atoms with Crippen LogP contribution in [0.3, 0.4) is 0 Å². The molecule has 5 rings (SSSR count). The molecule has 1 aliphatic carbocycles. The molecule has 0 bridgehead atoms. The Balaban J connectivity index is 1.53. The van der Waals surface area contributed by atoms with E-state index in [4.69, 9.17) is 11.6 Å². The van der Waals surface area contributed by atoms with Gasteiger partial charge < -0.3 is 5.32 Å². The summed E-state index contributed by atoms with van der Waals surface area (Å²) in [5, 5.41) is 15.0. The fraction of sp³-hybridized carbons (Fsp3) is 0.231. The van der Waals surface area contributed by atoms with Gasteiger partial charge in [-0.05, 0) is 66.8 Å². The number of anilines is 2. The second-order valence-electron chi connectivity index (χ2n) is 8.70. The predicted octanol–water partition coefficient (Wildman–Crippen LogP) is 6.29. The molecule has 0 radical (unpaired) electrons. The third kappa shape index (κ3) is 4.06. The first-order valence-corrected chi connectivity index (χ1v) is 13.2. The van der Waals surface area contributed by atoms with E-state index in [1.54, 1.807) is 36.4 Å². The molecule has 9 heteroatoms. The van der Waals surface area contributed by atoms with E-state index in [2.05, 4.69) is 17.5 Å². The van der Waals surface area contributed by atoms with Crippen molar-refractivity contribution in [2.45, 2.75) is 30.2 Å². The van der Waals surface area contributed by atoms with E-state index in [9.17, 15) is 18.5 Å². The number of allylic oxidation sites excluding steroid dienone is 2. The predicted molar refractivity (Wildman–Crippen MR) is 138 cm³/mol. The van der Waals surface area contributed by atoms with Gasteiger partial charge in [-0.2, -0.15) is 0 Å². The van der Waals surface area contributed by atoms with Crippen molar-refractivity contribution in [3.8, 4) is 0 Å². The van der Waals surface area contributed by atoms with Crippen molar-refractivity contribution in [2.24, 2.45) is 5.92 Å². The van der Waals surface area contributed by atoms with Gasteiger partial charge in [0.25, 0.3) is 15.7 Å². The Bertz CT molecular complexity index is 1430. The first kappa shape index (κ1) is 23.4. The molecular weight excluding hydrogens is 486 g/mol. The van der Waals surface area contributed by atoms with Crippen LogP contribution in [0.2, 0.25) is 5.02 Å². The van der Waals surface area contributed by atoms with Crippen molar-refractivity contribution in [1.29, 1.82) is 0 Å². The lowest BCUT2D eigenvalue weighted by Crippen LogP contribution is -2.32. The molecule has 0 saturated carbocycles. The molecule has 180 valence electrons. The Morgan fingerprint density at radius 3 is 2.60 bits per heavy atom. The Labute approximate surface area is 209 Å². The Hall–Kier alpha value is -3.36. The first-order valence-electron chi connectivity index (χ1n) is 11.4. The van der Waals surface area contributed by atoms with E-state index in [0.717, 1.165) is 23.2 Å². The standard InChI is InChI=1S/C26H24ClN3O4S/c1-2-29(18-7-4-3-5-8-18)35(33,34)19-12-14-24-22(16-19)20-9-6-10-21(20)26(28-24)17-11-13-23(27)25(15-17)30(31)32/h3-9,11-16,20-21,26,28H,2,10H2,1H3. The average Bonchev–Trinajstić information content (AvgIpc) is 3.35. The van der Waals surface area contributed by atoms with E-state index in [1.165, 1.54) is 10.4 Å². The molecule has 0 aromatic heterocycles. The van der Waals surface area contributed by atoms with Crippen molar-refractivity contribution in [1.82, 2.24) is 0 Å². The summed E-state index contributed by atoms with van der Waals surface area (Å²) < 4.78 is 28.5. The van der Waals surface area contributed by atoms with Gasteiger partial charge in [0.05, 0.1) is 21.5 Å². The summed E-state index contributed by atoms with van der Waals surface area (Å²) in [4.78, 5) is 11.2. The number of fused-ring (bicyclic) bond motifs is 3. The number of nitrogens with zero attached hydrogens (tertiary/aromatic N) is 2. The molecule has 3 aromatic carbocycles. The zero-order valence-electron chi connectivity index (χ0n) is 19.0. The summed E-state index contributed by atoms with van der Waals surface area (Å²) in [5.74, 6) is 0.0885. The molecule has 3 aromatic rings. The first-order chi connectivity index (χ1) is 16.8. The normalized spacial score (nSPS) is 20.6. The van der Waals surface area contributed by atoms with Crippen molar-refractivity contribution in [3.63, 3.8) is 0 Å². The summed E-state index contributed by atoms with van der Waals surface area (Å²) in [7, 11) is -3.76. The summed E-state index contributed by atoms with van der Waals surface area (Å²) in [6.45, 7) is 2.13. The molecule has 0 spiro atoms. The summed E-state index contributed by atoms with van der Waals surface area (Å²) >= 11 is 6.03. The van der Waals surface area contributed by atoms with E-state index < -0.39 is 14.9 Å². The number of rotatable bonds is 6. The zero-order valence-corrected chi connectivity index (χ0v) is 20.5. The average molecular weight is 510 g/mol. The Morgan fingerprint density at radius 2 is 1.89 bits per heavy atom. The van der Waals surface area contributed by atoms with E-state index in [1.807, 2.05) is 31.2 Å². The largest absolute Gasteiger partial charge is 0.378 e. The quantitative estimate of drug-likeness (QED) is 0.239. The van der Waals surface area contributed by atoms with Crippen LogP contribution in [0.25, 0.3) is 0 Å². The number of nitro groups is 1. The van der Waals surface area contributed by atoms with Crippen molar-refractivity contribution >= 4 is 38.7 Å². The van der Waals surface area contributed by atoms with Gasteiger partial charge in [0.1, 0.15) is 5.02 Å². The minimum Gasteiger partial charge on any atom is -0.378 e. The van der Waals surface area contributed by atoms with E-state index in [0.29, 0.717) is 12.2 Å². The van der Waals surface area contributed by atoms with E-state index in [-0.39, 0.29) is 33.5 Å². The fourth-order valence-corrected chi connectivity index (χ4v) is 6.83. The molecule has 7 nitrogen and oxygen atoms in total. The molecule has 1 heterocycles. The highest BCUT2D eigenvalue weighted by Crippen LogP contribution is 2.50. The maximum absolute atomic E-state index is 13.6. The molecule has 1 aliphatic heterocycles. The third-order valence-corrected chi connectivity index (χ3v) is 9.00. The fourth-order valence-electron chi connectivity index (χ4n) is 5.14. The van der Waals surface area contributed by atoms with Crippen LogP contribution in [0.5, 0.6) is 0 Å². The number of nitrogens with one attached hydrogen (secondary N) is 1. The van der Waals surface area contributed by atoms with Gasteiger partial charge in [-0.15, -0.1) is 0 Å². The molecule has 0 amide bonds. The molecule has 1 N–H and O–H groups in total. The van der Waals surface area contributed by atoms with Crippen molar-refractivity contribution in [2.75, 3.05) is 16.2 Å². The van der Waals surface area contributed by atoms with Gasteiger partial charge in [0, 0.05) is 24.2 Å². The minimum absolute atomic E-state index is 0.00654. The lowest BCUT2D eigenvalue weighted by molar-refractivity contribution is -0.384.